The maximum absolute atomic E-state index is 5.36. The van der Waals surface area contributed by atoms with Crippen LogP contribution in [0.5, 0.6) is 0 Å². The zero-order valence-electron chi connectivity index (χ0n) is 7.12. The molecule has 0 aliphatic heterocycles. The fourth-order valence-electron chi connectivity index (χ4n) is 1.23. The fourth-order valence-corrected chi connectivity index (χ4v) is 1.50. The lowest BCUT2D eigenvalue weighted by Crippen LogP contribution is -1.78. The predicted octanol–water partition coefficient (Wildman–Crippen LogP) is 3.41. The molecule has 0 radical (unpaired) electrons. The molecule has 0 bridgehead atoms. The van der Waals surface area contributed by atoms with Crippen molar-refractivity contribution in [3.8, 4) is 11.3 Å². The lowest BCUT2D eigenvalue weighted by atomic mass is 10.1. The van der Waals surface area contributed by atoms with Gasteiger partial charge in [0.25, 0.3) is 4.80 Å². The standard InChI is InChI=1S/C10H8BrNO/c1-7-4-2-3-5-8(7)9-6-12-10(11)13-9/h2-6H,1H3. The largest absolute Gasteiger partial charge is 0.431 e. The molecule has 0 amide bonds. The second kappa shape index (κ2) is 3.34. The molecule has 0 atom stereocenters. The molecular weight excluding hydrogens is 230 g/mol. The number of benzene rings is 1. The topological polar surface area (TPSA) is 26.0 Å². The highest BCUT2D eigenvalue weighted by Gasteiger charge is 2.05. The third-order valence-electron chi connectivity index (χ3n) is 1.89. The predicted molar refractivity (Wildman–Crippen MR) is 54.4 cm³/mol. The number of hydrogen-bond donors (Lipinski definition) is 0. The summed E-state index contributed by atoms with van der Waals surface area (Å²) in [4.78, 5) is 4.50. The van der Waals surface area contributed by atoms with Crippen LogP contribution in [0.25, 0.3) is 11.3 Å². The summed E-state index contributed by atoms with van der Waals surface area (Å²) in [7, 11) is 0. The summed E-state index contributed by atoms with van der Waals surface area (Å²) < 4.78 is 5.36. The first kappa shape index (κ1) is 8.51. The molecule has 66 valence electrons. The second-order valence-electron chi connectivity index (χ2n) is 2.79. The Morgan fingerprint density at radius 2 is 2.08 bits per heavy atom. The number of halogens is 1. The van der Waals surface area contributed by atoms with E-state index < -0.39 is 0 Å². The van der Waals surface area contributed by atoms with Crippen LogP contribution in [0.1, 0.15) is 5.56 Å². The molecule has 1 aromatic heterocycles. The van der Waals surface area contributed by atoms with Gasteiger partial charge in [-0.3, -0.25) is 0 Å². The molecule has 2 rings (SSSR count). The van der Waals surface area contributed by atoms with E-state index in [4.69, 9.17) is 4.42 Å². The van der Waals surface area contributed by atoms with Gasteiger partial charge < -0.3 is 4.42 Å². The minimum absolute atomic E-state index is 0.519. The van der Waals surface area contributed by atoms with E-state index in [0.717, 1.165) is 11.3 Å². The van der Waals surface area contributed by atoms with Crippen LogP contribution < -0.4 is 0 Å². The minimum atomic E-state index is 0.519. The Labute approximate surface area is 84.7 Å². The Balaban J connectivity index is 2.52. The van der Waals surface area contributed by atoms with Gasteiger partial charge in [0.1, 0.15) is 0 Å². The van der Waals surface area contributed by atoms with Crippen LogP contribution in [0.2, 0.25) is 0 Å². The Bertz CT molecular complexity index is 422. The van der Waals surface area contributed by atoms with Crippen molar-refractivity contribution < 1.29 is 4.42 Å². The van der Waals surface area contributed by atoms with Gasteiger partial charge >= 0.3 is 0 Å². The van der Waals surface area contributed by atoms with Gasteiger partial charge in [-0.25, -0.2) is 4.98 Å². The number of hydrogen-bond acceptors (Lipinski definition) is 2. The third kappa shape index (κ3) is 1.65. The SMILES string of the molecule is Cc1ccccc1-c1cnc(Br)o1. The van der Waals surface area contributed by atoms with Crippen molar-refractivity contribution in [3.05, 3.63) is 40.8 Å². The maximum Gasteiger partial charge on any atom is 0.264 e. The van der Waals surface area contributed by atoms with Gasteiger partial charge in [0.2, 0.25) is 0 Å². The first-order valence-electron chi connectivity index (χ1n) is 3.95. The molecule has 3 heteroatoms. The van der Waals surface area contributed by atoms with Crippen molar-refractivity contribution in [2.24, 2.45) is 0 Å². The molecular formula is C10H8BrNO. The Kier molecular flexibility index (Phi) is 2.19. The molecule has 0 saturated carbocycles. The van der Waals surface area contributed by atoms with E-state index in [2.05, 4.69) is 20.9 Å². The number of rotatable bonds is 1. The van der Waals surface area contributed by atoms with Crippen molar-refractivity contribution in [1.82, 2.24) is 4.98 Å². The van der Waals surface area contributed by atoms with E-state index in [1.165, 1.54) is 5.56 Å². The molecule has 0 N–H and O–H groups in total. The Morgan fingerprint density at radius 3 is 2.69 bits per heavy atom. The summed E-state index contributed by atoms with van der Waals surface area (Å²) in [5.74, 6) is 0.796. The van der Waals surface area contributed by atoms with E-state index in [1.807, 2.05) is 31.2 Å². The van der Waals surface area contributed by atoms with Crippen LogP contribution in [0.15, 0.2) is 39.7 Å². The number of oxazole rings is 1. The highest BCUT2D eigenvalue weighted by molar-refractivity contribution is 9.10. The average Bonchev–Trinajstić information content (AvgIpc) is 2.53. The van der Waals surface area contributed by atoms with Crippen molar-refractivity contribution in [3.63, 3.8) is 0 Å². The van der Waals surface area contributed by atoms with E-state index in [-0.39, 0.29) is 0 Å². The van der Waals surface area contributed by atoms with Crippen LogP contribution in [-0.4, -0.2) is 4.98 Å². The van der Waals surface area contributed by atoms with Crippen LogP contribution in [0.3, 0.4) is 0 Å². The summed E-state index contributed by atoms with van der Waals surface area (Å²) >= 11 is 3.18. The first-order chi connectivity index (χ1) is 6.27. The number of aromatic nitrogens is 1. The molecule has 1 heterocycles. The van der Waals surface area contributed by atoms with E-state index in [1.54, 1.807) is 6.20 Å². The summed E-state index contributed by atoms with van der Waals surface area (Å²) in [5, 5.41) is 0. The van der Waals surface area contributed by atoms with Crippen LogP contribution >= 0.6 is 15.9 Å². The molecule has 13 heavy (non-hydrogen) atoms. The number of aryl methyl sites for hydroxylation is 1. The van der Waals surface area contributed by atoms with Crippen LogP contribution in [0.4, 0.5) is 0 Å². The molecule has 2 nitrogen and oxygen atoms in total. The third-order valence-corrected chi connectivity index (χ3v) is 2.25. The Morgan fingerprint density at radius 1 is 1.31 bits per heavy atom. The van der Waals surface area contributed by atoms with Gasteiger partial charge in [0.15, 0.2) is 5.76 Å². The van der Waals surface area contributed by atoms with E-state index in [0.29, 0.717) is 4.80 Å². The number of nitrogens with zero attached hydrogens (tertiary/aromatic N) is 1. The molecule has 0 fully saturated rings. The van der Waals surface area contributed by atoms with Gasteiger partial charge in [-0.15, -0.1) is 0 Å². The van der Waals surface area contributed by atoms with Gasteiger partial charge in [-0.2, -0.15) is 0 Å². The quantitative estimate of drug-likeness (QED) is 0.760. The maximum atomic E-state index is 5.36. The lowest BCUT2D eigenvalue weighted by Gasteiger charge is -1.99. The molecule has 0 aliphatic carbocycles. The summed E-state index contributed by atoms with van der Waals surface area (Å²) in [6.45, 7) is 2.05. The van der Waals surface area contributed by atoms with E-state index >= 15 is 0 Å². The molecule has 0 aliphatic rings. The smallest absolute Gasteiger partial charge is 0.264 e. The van der Waals surface area contributed by atoms with Crippen molar-refractivity contribution in [1.29, 1.82) is 0 Å². The van der Waals surface area contributed by atoms with Gasteiger partial charge in [0, 0.05) is 21.5 Å². The highest BCUT2D eigenvalue weighted by Crippen LogP contribution is 2.25. The average molecular weight is 238 g/mol. The highest BCUT2D eigenvalue weighted by atomic mass is 79.9. The summed E-state index contributed by atoms with van der Waals surface area (Å²) in [6.07, 6.45) is 1.71. The van der Waals surface area contributed by atoms with Gasteiger partial charge in [-0.05, 0) is 12.5 Å². The van der Waals surface area contributed by atoms with Crippen LogP contribution in [0, 0.1) is 6.92 Å². The molecule has 0 unspecified atom stereocenters. The van der Waals surface area contributed by atoms with Gasteiger partial charge in [-0.1, -0.05) is 24.3 Å². The molecule has 0 spiro atoms. The second-order valence-corrected chi connectivity index (χ2v) is 3.47. The fraction of sp³-hybridized carbons (Fsp3) is 0.100. The summed E-state index contributed by atoms with van der Waals surface area (Å²) in [6, 6.07) is 8.05. The zero-order valence-corrected chi connectivity index (χ0v) is 8.71. The van der Waals surface area contributed by atoms with Crippen molar-refractivity contribution in [2.75, 3.05) is 0 Å². The summed E-state index contributed by atoms with van der Waals surface area (Å²) in [5.41, 5.74) is 2.27. The van der Waals surface area contributed by atoms with Gasteiger partial charge in [0.05, 0.1) is 6.20 Å². The van der Waals surface area contributed by atoms with E-state index in [9.17, 15) is 0 Å². The zero-order chi connectivity index (χ0) is 9.26. The Hall–Kier alpha value is -1.09. The van der Waals surface area contributed by atoms with Crippen LogP contribution in [-0.2, 0) is 0 Å². The van der Waals surface area contributed by atoms with Crippen molar-refractivity contribution in [2.45, 2.75) is 6.92 Å². The first-order valence-corrected chi connectivity index (χ1v) is 4.74. The minimum Gasteiger partial charge on any atom is -0.431 e. The monoisotopic (exact) mass is 237 g/mol. The lowest BCUT2D eigenvalue weighted by molar-refractivity contribution is 0.542. The normalized spacial score (nSPS) is 10.3. The molecule has 2 aromatic rings. The van der Waals surface area contributed by atoms with Crippen molar-refractivity contribution >= 4 is 15.9 Å². The molecule has 0 saturated heterocycles. The molecule has 1 aromatic carbocycles.